The molecule has 2 aromatic rings. The Kier molecular flexibility index (Phi) is 5.86. The third-order valence-corrected chi connectivity index (χ3v) is 5.29. The minimum atomic E-state index is -0.554. The standard InChI is InChI=1S/C21H25N5O4S/c1-10-6-11(2)17(14(7-10)26(28)29)23-19(27)18-12(3)16-13(24-25-20(22)31)8-21(4,5)9-15(16)30-18/h6-7H,8-9H2,1-5H3,(H,23,27)(H3,22,25,31)/b24-13-. The number of anilines is 1. The van der Waals surface area contributed by atoms with E-state index in [0.29, 0.717) is 35.4 Å². The van der Waals surface area contributed by atoms with Gasteiger partial charge in [-0.3, -0.25) is 20.3 Å². The second kappa shape index (κ2) is 8.10. The molecule has 1 aromatic carbocycles. The van der Waals surface area contributed by atoms with Crippen molar-refractivity contribution in [2.75, 3.05) is 5.32 Å². The van der Waals surface area contributed by atoms with Gasteiger partial charge in [-0.05, 0) is 56.0 Å². The lowest BCUT2D eigenvalue weighted by Crippen LogP contribution is -2.31. The second-order valence-corrected chi connectivity index (χ2v) is 9.03. The van der Waals surface area contributed by atoms with E-state index in [4.69, 9.17) is 22.4 Å². The number of nitrogens with two attached hydrogens (primary N) is 1. The number of benzene rings is 1. The first-order valence-corrected chi connectivity index (χ1v) is 10.1. The lowest BCUT2D eigenvalue weighted by atomic mass is 9.75. The fourth-order valence-electron chi connectivity index (χ4n) is 3.97. The second-order valence-electron chi connectivity index (χ2n) is 8.59. The first kappa shape index (κ1) is 22.4. The number of fused-ring (bicyclic) bond motifs is 1. The third-order valence-electron chi connectivity index (χ3n) is 5.19. The molecule has 0 fully saturated rings. The van der Waals surface area contributed by atoms with Gasteiger partial charge in [0.2, 0.25) is 0 Å². The van der Waals surface area contributed by atoms with E-state index < -0.39 is 10.8 Å². The number of carbonyl (C=O) groups is 1. The van der Waals surface area contributed by atoms with Crippen LogP contribution in [-0.2, 0) is 6.42 Å². The number of nitro groups is 1. The molecule has 164 valence electrons. The van der Waals surface area contributed by atoms with E-state index in [1.165, 1.54) is 6.07 Å². The number of amides is 1. The maximum atomic E-state index is 13.1. The van der Waals surface area contributed by atoms with E-state index in [-0.39, 0.29) is 27.7 Å². The molecule has 1 aliphatic rings. The Morgan fingerprint density at radius 2 is 1.97 bits per heavy atom. The fourth-order valence-corrected chi connectivity index (χ4v) is 4.02. The highest BCUT2D eigenvalue weighted by Crippen LogP contribution is 2.39. The fraction of sp³-hybridized carbons (Fsp3) is 0.381. The van der Waals surface area contributed by atoms with E-state index in [0.717, 1.165) is 11.1 Å². The summed E-state index contributed by atoms with van der Waals surface area (Å²) in [5, 5.41) is 18.5. The molecule has 31 heavy (non-hydrogen) atoms. The van der Waals surface area contributed by atoms with Crippen LogP contribution >= 0.6 is 12.2 Å². The van der Waals surface area contributed by atoms with Gasteiger partial charge < -0.3 is 15.5 Å². The molecule has 0 radical (unpaired) electrons. The van der Waals surface area contributed by atoms with E-state index in [1.54, 1.807) is 26.8 Å². The van der Waals surface area contributed by atoms with Crippen LogP contribution in [0.3, 0.4) is 0 Å². The van der Waals surface area contributed by atoms with Crippen molar-refractivity contribution in [1.29, 1.82) is 0 Å². The van der Waals surface area contributed by atoms with Gasteiger partial charge in [-0.25, -0.2) is 0 Å². The highest BCUT2D eigenvalue weighted by Gasteiger charge is 2.36. The number of furan rings is 1. The maximum absolute atomic E-state index is 13.1. The molecule has 3 rings (SSSR count). The summed E-state index contributed by atoms with van der Waals surface area (Å²) in [6.07, 6.45) is 1.26. The smallest absolute Gasteiger partial charge is 0.293 e. The van der Waals surface area contributed by atoms with Crippen LogP contribution in [-0.4, -0.2) is 21.7 Å². The Morgan fingerprint density at radius 3 is 2.58 bits per heavy atom. The number of nitro benzene ring substituents is 1. The summed E-state index contributed by atoms with van der Waals surface area (Å²) < 4.78 is 5.95. The Bertz CT molecular complexity index is 1130. The molecule has 0 bridgehead atoms. The van der Waals surface area contributed by atoms with E-state index >= 15 is 0 Å². The van der Waals surface area contributed by atoms with Crippen molar-refractivity contribution >= 4 is 40.3 Å². The van der Waals surface area contributed by atoms with Crippen LogP contribution < -0.4 is 16.5 Å². The van der Waals surface area contributed by atoms with Crippen LogP contribution in [0, 0.1) is 36.3 Å². The Balaban J connectivity index is 2.03. The van der Waals surface area contributed by atoms with Crippen molar-refractivity contribution in [3.05, 3.63) is 56.0 Å². The minimum Gasteiger partial charge on any atom is -0.455 e. The highest BCUT2D eigenvalue weighted by atomic mass is 32.1. The zero-order valence-electron chi connectivity index (χ0n) is 18.1. The number of nitrogens with one attached hydrogen (secondary N) is 2. The van der Waals surface area contributed by atoms with Crippen LogP contribution in [0.1, 0.15) is 58.8 Å². The molecular weight excluding hydrogens is 418 g/mol. The van der Waals surface area contributed by atoms with E-state index in [9.17, 15) is 14.9 Å². The summed E-state index contributed by atoms with van der Waals surface area (Å²) in [5.41, 5.74) is 11.3. The number of hydrazone groups is 1. The average Bonchev–Trinajstić information content (AvgIpc) is 2.96. The van der Waals surface area contributed by atoms with Gasteiger partial charge in [-0.15, -0.1) is 0 Å². The average molecular weight is 444 g/mol. The zero-order valence-corrected chi connectivity index (χ0v) is 18.9. The molecule has 0 saturated carbocycles. The SMILES string of the molecule is Cc1cc(C)c(NC(=O)c2oc3c(c2C)/C(=N\NC(N)=S)CC(C)(C)C3)c([N+](=O)[O-])c1. The molecular formula is C21H25N5O4S. The number of hydrogen-bond donors (Lipinski definition) is 3. The first-order valence-electron chi connectivity index (χ1n) is 9.71. The predicted octanol–water partition coefficient (Wildman–Crippen LogP) is 3.88. The molecule has 0 aliphatic heterocycles. The third kappa shape index (κ3) is 4.58. The molecule has 1 amide bonds. The number of aryl methyl sites for hydroxylation is 2. The molecule has 9 nitrogen and oxygen atoms in total. The first-order chi connectivity index (χ1) is 14.4. The summed E-state index contributed by atoms with van der Waals surface area (Å²) in [6.45, 7) is 9.39. The molecule has 0 saturated heterocycles. The van der Waals surface area contributed by atoms with Gasteiger partial charge in [0, 0.05) is 23.6 Å². The zero-order chi connectivity index (χ0) is 23.1. The van der Waals surface area contributed by atoms with Gasteiger partial charge in [0.1, 0.15) is 11.4 Å². The van der Waals surface area contributed by atoms with Gasteiger partial charge in [0.25, 0.3) is 11.6 Å². The van der Waals surface area contributed by atoms with Crippen LogP contribution in [0.25, 0.3) is 0 Å². The summed E-state index contributed by atoms with van der Waals surface area (Å²) in [7, 11) is 0. The molecule has 4 N–H and O–H groups in total. The van der Waals surface area contributed by atoms with E-state index in [2.05, 4.69) is 29.7 Å². The molecule has 1 aliphatic carbocycles. The maximum Gasteiger partial charge on any atom is 0.293 e. The minimum absolute atomic E-state index is 0.0405. The summed E-state index contributed by atoms with van der Waals surface area (Å²) in [6, 6.07) is 3.20. The van der Waals surface area contributed by atoms with Crippen molar-refractivity contribution in [3.63, 3.8) is 0 Å². The largest absolute Gasteiger partial charge is 0.455 e. The Labute approximate surface area is 185 Å². The lowest BCUT2D eigenvalue weighted by molar-refractivity contribution is -0.384. The molecule has 0 spiro atoms. The van der Waals surface area contributed by atoms with Crippen LogP contribution in [0.2, 0.25) is 0 Å². The monoisotopic (exact) mass is 443 g/mol. The highest BCUT2D eigenvalue weighted by molar-refractivity contribution is 7.80. The van der Waals surface area contributed by atoms with Crippen molar-refractivity contribution in [3.8, 4) is 0 Å². The van der Waals surface area contributed by atoms with Crippen LogP contribution in [0.15, 0.2) is 21.7 Å². The predicted molar refractivity (Wildman–Crippen MR) is 123 cm³/mol. The summed E-state index contributed by atoms with van der Waals surface area (Å²) in [5.74, 6) is 0.180. The number of rotatable bonds is 4. The molecule has 0 atom stereocenters. The van der Waals surface area contributed by atoms with Crippen LogP contribution in [0.5, 0.6) is 0 Å². The summed E-state index contributed by atoms with van der Waals surface area (Å²) in [4.78, 5) is 24.1. The Hall–Kier alpha value is -3.27. The quantitative estimate of drug-likeness (QED) is 0.371. The van der Waals surface area contributed by atoms with Gasteiger partial charge in [-0.2, -0.15) is 5.10 Å². The summed E-state index contributed by atoms with van der Waals surface area (Å²) >= 11 is 4.84. The van der Waals surface area contributed by atoms with E-state index in [1.807, 2.05) is 0 Å². The van der Waals surface area contributed by atoms with Crippen molar-refractivity contribution < 1.29 is 14.1 Å². The number of carbonyl (C=O) groups excluding carboxylic acids is 1. The normalized spacial score (nSPS) is 16.0. The van der Waals surface area contributed by atoms with Crippen molar-refractivity contribution in [1.82, 2.24) is 5.43 Å². The van der Waals surface area contributed by atoms with Gasteiger partial charge >= 0.3 is 0 Å². The number of thiocarbonyl (C=S) groups is 1. The number of nitrogens with zero attached hydrogens (tertiary/aromatic N) is 2. The lowest BCUT2D eigenvalue weighted by Gasteiger charge is -2.29. The van der Waals surface area contributed by atoms with Crippen molar-refractivity contribution in [2.24, 2.45) is 16.3 Å². The number of hydrogen-bond acceptors (Lipinski definition) is 6. The van der Waals surface area contributed by atoms with Gasteiger partial charge in [0.05, 0.1) is 10.6 Å². The molecule has 0 unspecified atom stereocenters. The Morgan fingerprint density at radius 1 is 1.29 bits per heavy atom. The van der Waals surface area contributed by atoms with Gasteiger partial charge in [-0.1, -0.05) is 19.9 Å². The molecule has 10 heteroatoms. The topological polar surface area (TPSA) is 136 Å². The van der Waals surface area contributed by atoms with Crippen molar-refractivity contribution in [2.45, 2.75) is 47.5 Å². The van der Waals surface area contributed by atoms with Gasteiger partial charge in [0.15, 0.2) is 10.9 Å². The molecule has 1 aromatic heterocycles. The molecule has 1 heterocycles. The van der Waals surface area contributed by atoms with Crippen LogP contribution in [0.4, 0.5) is 11.4 Å².